The standard InChI is InChI=1S/C19H16N4O2S2/c1-23-18(25)12-7-6-11(10-14(12)22-19(23)26)17(24)20-9-8-16-21-13-4-2-3-5-15(13)27-16/h2-7,10H,8-9H2,1H3,(H,20,24)(H,22,26). The van der Waals surface area contributed by atoms with Gasteiger partial charge in [-0.15, -0.1) is 11.3 Å². The van der Waals surface area contributed by atoms with Crippen molar-refractivity contribution in [1.82, 2.24) is 19.9 Å². The molecule has 136 valence electrons. The molecule has 0 saturated carbocycles. The van der Waals surface area contributed by atoms with E-state index < -0.39 is 0 Å². The predicted octanol–water partition coefficient (Wildman–Crippen LogP) is 3.18. The first-order valence-corrected chi connectivity index (χ1v) is 9.61. The summed E-state index contributed by atoms with van der Waals surface area (Å²) in [6, 6.07) is 12.9. The maximum absolute atomic E-state index is 12.4. The Morgan fingerprint density at radius 1 is 1.30 bits per heavy atom. The van der Waals surface area contributed by atoms with Crippen molar-refractivity contribution in [3.8, 4) is 0 Å². The highest BCUT2D eigenvalue weighted by Crippen LogP contribution is 2.21. The molecular formula is C19H16N4O2S2. The van der Waals surface area contributed by atoms with Gasteiger partial charge in [0.15, 0.2) is 4.77 Å². The van der Waals surface area contributed by atoms with E-state index in [0.29, 0.717) is 34.2 Å². The van der Waals surface area contributed by atoms with Crippen molar-refractivity contribution in [1.29, 1.82) is 0 Å². The number of amides is 1. The molecule has 6 nitrogen and oxygen atoms in total. The fourth-order valence-corrected chi connectivity index (χ4v) is 4.02. The largest absolute Gasteiger partial charge is 0.352 e. The van der Waals surface area contributed by atoms with Crippen molar-refractivity contribution < 1.29 is 4.79 Å². The van der Waals surface area contributed by atoms with E-state index in [1.165, 1.54) is 4.57 Å². The van der Waals surface area contributed by atoms with Gasteiger partial charge in [-0.05, 0) is 42.5 Å². The van der Waals surface area contributed by atoms with Gasteiger partial charge < -0.3 is 10.3 Å². The van der Waals surface area contributed by atoms with Crippen LogP contribution in [0, 0.1) is 4.77 Å². The molecule has 2 aromatic carbocycles. The molecule has 0 radical (unpaired) electrons. The summed E-state index contributed by atoms with van der Waals surface area (Å²) >= 11 is 6.76. The number of benzene rings is 2. The van der Waals surface area contributed by atoms with Gasteiger partial charge in [-0.3, -0.25) is 14.2 Å². The van der Waals surface area contributed by atoms with Gasteiger partial charge >= 0.3 is 0 Å². The van der Waals surface area contributed by atoms with Crippen LogP contribution in [-0.4, -0.2) is 27.0 Å². The van der Waals surface area contributed by atoms with Crippen molar-refractivity contribution in [2.24, 2.45) is 7.05 Å². The molecule has 0 aliphatic carbocycles. The fourth-order valence-electron chi connectivity index (χ4n) is 2.86. The summed E-state index contributed by atoms with van der Waals surface area (Å²) in [6.07, 6.45) is 0.668. The minimum atomic E-state index is -0.196. The number of aromatic nitrogens is 3. The summed E-state index contributed by atoms with van der Waals surface area (Å²) in [5.41, 5.74) is 1.83. The summed E-state index contributed by atoms with van der Waals surface area (Å²) in [5.74, 6) is -0.196. The second kappa shape index (κ2) is 7.05. The van der Waals surface area contributed by atoms with Crippen LogP contribution >= 0.6 is 23.6 Å². The SMILES string of the molecule is Cn1c(=S)[nH]c2cc(C(=O)NCCc3nc4ccccc4s3)ccc2c1=O. The lowest BCUT2D eigenvalue weighted by Gasteiger charge is -2.06. The number of para-hydroxylation sites is 1. The molecule has 0 saturated heterocycles. The van der Waals surface area contributed by atoms with Crippen LogP contribution in [0.2, 0.25) is 0 Å². The number of thiazole rings is 1. The average Bonchev–Trinajstić information content (AvgIpc) is 3.08. The number of hydrogen-bond acceptors (Lipinski definition) is 5. The maximum Gasteiger partial charge on any atom is 0.261 e. The van der Waals surface area contributed by atoms with Gasteiger partial charge in [0.1, 0.15) is 0 Å². The molecule has 0 unspecified atom stereocenters. The predicted molar refractivity (Wildman–Crippen MR) is 110 cm³/mol. The highest BCUT2D eigenvalue weighted by Gasteiger charge is 2.10. The lowest BCUT2D eigenvalue weighted by molar-refractivity contribution is 0.0954. The first-order valence-electron chi connectivity index (χ1n) is 8.38. The summed E-state index contributed by atoms with van der Waals surface area (Å²) in [4.78, 5) is 32.2. The number of H-pyrrole nitrogens is 1. The van der Waals surface area contributed by atoms with Crippen LogP contribution < -0.4 is 10.9 Å². The lowest BCUT2D eigenvalue weighted by Crippen LogP contribution is -2.26. The molecule has 0 bridgehead atoms. The van der Waals surface area contributed by atoms with E-state index in [2.05, 4.69) is 15.3 Å². The van der Waals surface area contributed by atoms with Crippen molar-refractivity contribution >= 4 is 50.6 Å². The van der Waals surface area contributed by atoms with E-state index in [4.69, 9.17) is 12.2 Å². The first-order chi connectivity index (χ1) is 13.0. The third-order valence-corrected chi connectivity index (χ3v) is 5.80. The second-order valence-electron chi connectivity index (χ2n) is 6.14. The molecule has 27 heavy (non-hydrogen) atoms. The van der Waals surface area contributed by atoms with Crippen LogP contribution in [0.15, 0.2) is 47.3 Å². The average molecular weight is 396 g/mol. The number of hydrogen-bond donors (Lipinski definition) is 2. The summed E-state index contributed by atoms with van der Waals surface area (Å²) in [7, 11) is 1.61. The Balaban J connectivity index is 1.48. The Morgan fingerprint density at radius 3 is 2.93 bits per heavy atom. The molecule has 1 amide bonds. The van der Waals surface area contributed by atoms with Crippen molar-refractivity contribution in [3.63, 3.8) is 0 Å². The van der Waals surface area contributed by atoms with Gasteiger partial charge in [-0.25, -0.2) is 4.98 Å². The Kier molecular flexibility index (Phi) is 4.59. The van der Waals surface area contributed by atoms with Crippen LogP contribution in [-0.2, 0) is 13.5 Å². The van der Waals surface area contributed by atoms with Crippen LogP contribution in [0.25, 0.3) is 21.1 Å². The number of rotatable bonds is 4. The van der Waals surface area contributed by atoms with Gasteiger partial charge in [0.05, 0.1) is 26.1 Å². The minimum absolute atomic E-state index is 0.184. The normalized spacial score (nSPS) is 11.1. The van der Waals surface area contributed by atoms with E-state index >= 15 is 0 Å². The number of aromatic amines is 1. The molecule has 2 N–H and O–H groups in total. The fraction of sp³-hybridized carbons (Fsp3) is 0.158. The molecule has 8 heteroatoms. The number of carbonyl (C=O) groups is 1. The van der Waals surface area contributed by atoms with Crippen molar-refractivity contribution in [3.05, 3.63) is 68.2 Å². The molecular weight excluding hydrogens is 380 g/mol. The number of nitrogens with one attached hydrogen (secondary N) is 2. The molecule has 0 atom stereocenters. The molecule has 0 aliphatic rings. The van der Waals surface area contributed by atoms with E-state index in [1.807, 2.05) is 24.3 Å². The summed E-state index contributed by atoms with van der Waals surface area (Å²) in [6.45, 7) is 0.489. The zero-order valence-corrected chi connectivity index (χ0v) is 16.1. The first kappa shape index (κ1) is 17.6. The Morgan fingerprint density at radius 2 is 2.11 bits per heavy atom. The second-order valence-corrected chi connectivity index (χ2v) is 7.64. The highest BCUT2D eigenvalue weighted by molar-refractivity contribution is 7.71. The number of carbonyl (C=O) groups excluding carboxylic acids is 1. The van der Waals surface area contributed by atoms with Gasteiger partial charge in [0.25, 0.3) is 11.5 Å². The molecule has 2 aromatic heterocycles. The number of nitrogens with zero attached hydrogens (tertiary/aromatic N) is 2. The van der Waals surface area contributed by atoms with E-state index in [9.17, 15) is 9.59 Å². The molecule has 0 spiro atoms. The third kappa shape index (κ3) is 3.41. The van der Waals surface area contributed by atoms with Crippen molar-refractivity contribution in [2.45, 2.75) is 6.42 Å². The molecule has 2 heterocycles. The van der Waals surface area contributed by atoms with Crippen LogP contribution in [0.3, 0.4) is 0 Å². The highest BCUT2D eigenvalue weighted by atomic mass is 32.1. The maximum atomic E-state index is 12.4. The van der Waals surface area contributed by atoms with E-state index in [0.717, 1.165) is 15.2 Å². The molecule has 0 fully saturated rings. The molecule has 4 rings (SSSR count). The molecule has 0 aliphatic heterocycles. The summed E-state index contributed by atoms with van der Waals surface area (Å²) < 4.78 is 2.83. The van der Waals surface area contributed by atoms with Gasteiger partial charge in [-0.1, -0.05) is 12.1 Å². The van der Waals surface area contributed by atoms with Gasteiger partial charge in [0.2, 0.25) is 0 Å². The Bertz CT molecular complexity index is 1250. The van der Waals surface area contributed by atoms with Crippen LogP contribution in [0.1, 0.15) is 15.4 Å². The minimum Gasteiger partial charge on any atom is -0.352 e. The third-order valence-electron chi connectivity index (χ3n) is 4.33. The quantitative estimate of drug-likeness (QED) is 0.519. The monoisotopic (exact) mass is 396 g/mol. The smallest absolute Gasteiger partial charge is 0.261 e. The van der Waals surface area contributed by atoms with Crippen molar-refractivity contribution in [2.75, 3.05) is 6.54 Å². The zero-order chi connectivity index (χ0) is 19.0. The topological polar surface area (TPSA) is 79.8 Å². The van der Waals surface area contributed by atoms with Gasteiger partial charge in [0, 0.05) is 25.6 Å². The lowest BCUT2D eigenvalue weighted by atomic mass is 10.1. The molecule has 4 aromatic rings. The van der Waals surface area contributed by atoms with Gasteiger partial charge in [-0.2, -0.15) is 0 Å². The van der Waals surface area contributed by atoms with Crippen LogP contribution in [0.4, 0.5) is 0 Å². The van der Waals surface area contributed by atoms with E-state index in [-0.39, 0.29) is 11.5 Å². The van der Waals surface area contributed by atoms with Crippen LogP contribution in [0.5, 0.6) is 0 Å². The Labute approximate surface area is 163 Å². The Hall–Kier alpha value is -2.84. The summed E-state index contributed by atoms with van der Waals surface area (Å²) in [5, 5.41) is 4.39. The zero-order valence-electron chi connectivity index (χ0n) is 14.5. The van der Waals surface area contributed by atoms with E-state index in [1.54, 1.807) is 36.6 Å². The number of fused-ring (bicyclic) bond motifs is 2.